The number of fused-ring (bicyclic) bond motifs is 1. The molecule has 136 valence electrons. The zero-order valence-corrected chi connectivity index (χ0v) is 15.3. The van der Waals surface area contributed by atoms with Crippen LogP contribution in [0.5, 0.6) is 0 Å². The van der Waals surface area contributed by atoms with Gasteiger partial charge in [-0.05, 0) is 42.3 Å². The Balaban J connectivity index is 1.41. The molecule has 0 bridgehead atoms. The minimum Gasteiger partial charge on any atom is -0.330 e. The summed E-state index contributed by atoms with van der Waals surface area (Å²) in [4.78, 5) is 16.9. The number of carbonyl (C=O) groups excluding carboxylic acids is 1. The fraction of sp³-hybridized carbons (Fsp3) is 0.158. The van der Waals surface area contributed by atoms with Crippen LogP contribution >= 0.6 is 11.3 Å². The van der Waals surface area contributed by atoms with Crippen molar-refractivity contribution in [3.63, 3.8) is 0 Å². The maximum atomic E-state index is 13.2. The molecule has 0 aliphatic heterocycles. The van der Waals surface area contributed by atoms with Crippen LogP contribution in [0.25, 0.3) is 11.0 Å². The third-order valence-corrected chi connectivity index (χ3v) is 5.11. The Hall–Kier alpha value is -3.13. The van der Waals surface area contributed by atoms with E-state index in [1.54, 1.807) is 18.2 Å². The van der Waals surface area contributed by atoms with Crippen molar-refractivity contribution >= 4 is 28.4 Å². The first-order valence-corrected chi connectivity index (χ1v) is 9.25. The van der Waals surface area contributed by atoms with E-state index in [1.165, 1.54) is 28.2 Å². The number of amides is 1. The molecule has 8 heteroatoms. The summed E-state index contributed by atoms with van der Waals surface area (Å²) in [6.07, 6.45) is 0.629. The van der Waals surface area contributed by atoms with Crippen LogP contribution in [0.15, 0.2) is 47.8 Å². The molecule has 0 spiro atoms. The zero-order valence-electron chi connectivity index (χ0n) is 14.5. The first-order chi connectivity index (χ1) is 13.1. The van der Waals surface area contributed by atoms with Crippen molar-refractivity contribution in [3.05, 3.63) is 75.5 Å². The number of aromatic nitrogens is 4. The quantitative estimate of drug-likeness (QED) is 0.585. The summed E-state index contributed by atoms with van der Waals surface area (Å²) < 4.78 is 14.5. The molecule has 0 aliphatic carbocycles. The predicted octanol–water partition coefficient (Wildman–Crippen LogP) is 3.68. The van der Waals surface area contributed by atoms with Gasteiger partial charge in [0.25, 0.3) is 0 Å². The maximum absolute atomic E-state index is 13.2. The number of aryl methyl sites for hydroxylation is 1. The molecule has 4 rings (SSSR count). The van der Waals surface area contributed by atoms with Crippen molar-refractivity contribution in [1.82, 2.24) is 25.3 Å². The van der Waals surface area contributed by atoms with Gasteiger partial charge in [-0.2, -0.15) is 4.68 Å². The number of benzene rings is 2. The maximum Gasteiger partial charge on any atom is 0.344 e. The fourth-order valence-corrected chi connectivity index (χ4v) is 3.54. The summed E-state index contributed by atoms with van der Waals surface area (Å²) in [7, 11) is 0. The van der Waals surface area contributed by atoms with E-state index in [-0.39, 0.29) is 11.8 Å². The van der Waals surface area contributed by atoms with Gasteiger partial charge in [0, 0.05) is 11.8 Å². The zero-order chi connectivity index (χ0) is 18.8. The van der Waals surface area contributed by atoms with Gasteiger partial charge in [-0.15, -0.1) is 16.4 Å². The van der Waals surface area contributed by atoms with Crippen LogP contribution in [-0.4, -0.2) is 26.0 Å². The molecular formula is C19H16FN5OS. The van der Waals surface area contributed by atoms with Gasteiger partial charge < -0.3 is 5.32 Å². The number of hydrogen-bond donors (Lipinski definition) is 1. The lowest BCUT2D eigenvalue weighted by atomic mass is 10.0. The number of hydrogen-bond acceptors (Lipinski definition) is 5. The Morgan fingerprint density at radius 2 is 2.11 bits per heavy atom. The topological polar surface area (TPSA) is 72.7 Å². The van der Waals surface area contributed by atoms with Crippen LogP contribution in [0.2, 0.25) is 0 Å². The van der Waals surface area contributed by atoms with Gasteiger partial charge >= 0.3 is 6.03 Å². The number of halogens is 1. The number of rotatable bonds is 4. The molecule has 0 saturated heterocycles. The van der Waals surface area contributed by atoms with E-state index < -0.39 is 0 Å². The predicted molar refractivity (Wildman–Crippen MR) is 101 cm³/mol. The van der Waals surface area contributed by atoms with Crippen LogP contribution in [-0.2, 0) is 13.0 Å². The Bertz CT molecular complexity index is 1120. The van der Waals surface area contributed by atoms with Gasteiger partial charge in [0.2, 0.25) is 0 Å². The van der Waals surface area contributed by atoms with Crippen molar-refractivity contribution in [2.75, 3.05) is 0 Å². The molecule has 0 aliphatic rings. The second-order valence-corrected chi connectivity index (χ2v) is 7.07. The minimum atomic E-state index is -0.352. The lowest BCUT2D eigenvalue weighted by Crippen LogP contribution is -2.28. The Morgan fingerprint density at radius 3 is 2.96 bits per heavy atom. The lowest BCUT2D eigenvalue weighted by Gasteiger charge is -2.04. The van der Waals surface area contributed by atoms with Crippen LogP contribution in [0.1, 0.15) is 21.8 Å². The van der Waals surface area contributed by atoms with Crippen molar-refractivity contribution in [2.45, 2.75) is 19.9 Å². The first kappa shape index (κ1) is 17.3. The van der Waals surface area contributed by atoms with Gasteiger partial charge in [0.15, 0.2) is 0 Å². The monoisotopic (exact) mass is 381 g/mol. The molecule has 1 N–H and O–H groups in total. The summed E-state index contributed by atoms with van der Waals surface area (Å²) in [6.45, 7) is 2.19. The summed E-state index contributed by atoms with van der Waals surface area (Å²) in [6, 6.07) is 11.7. The van der Waals surface area contributed by atoms with E-state index in [0.29, 0.717) is 24.0 Å². The molecule has 0 saturated carbocycles. The smallest absolute Gasteiger partial charge is 0.330 e. The highest BCUT2D eigenvalue weighted by Gasteiger charge is 2.12. The molecule has 1 amide bonds. The van der Waals surface area contributed by atoms with Crippen LogP contribution in [0.3, 0.4) is 0 Å². The SMILES string of the molecule is Cc1cc(F)ccc1Cc1csc(CNC(=O)n2nnc3ccccc32)n1. The van der Waals surface area contributed by atoms with Crippen molar-refractivity contribution in [1.29, 1.82) is 0 Å². The Labute approximate surface area is 158 Å². The van der Waals surface area contributed by atoms with Gasteiger partial charge in [0.1, 0.15) is 16.3 Å². The average Bonchev–Trinajstić information content (AvgIpc) is 3.29. The molecule has 2 heterocycles. The van der Waals surface area contributed by atoms with Crippen molar-refractivity contribution < 1.29 is 9.18 Å². The molecule has 0 radical (unpaired) electrons. The second kappa shape index (κ2) is 7.24. The van der Waals surface area contributed by atoms with Gasteiger partial charge in [-0.3, -0.25) is 0 Å². The van der Waals surface area contributed by atoms with Crippen molar-refractivity contribution in [2.24, 2.45) is 0 Å². The van der Waals surface area contributed by atoms with E-state index in [1.807, 2.05) is 24.4 Å². The van der Waals surface area contributed by atoms with E-state index in [2.05, 4.69) is 20.6 Å². The standard InChI is InChI=1S/C19H16FN5OS/c1-12-8-14(20)7-6-13(12)9-15-11-27-18(22-15)10-21-19(26)25-17-5-3-2-4-16(17)23-24-25/h2-8,11H,9-10H2,1H3,(H,21,26). The summed E-state index contributed by atoms with van der Waals surface area (Å²) in [5.74, 6) is -0.237. The number of nitrogens with one attached hydrogen (secondary N) is 1. The molecule has 27 heavy (non-hydrogen) atoms. The number of para-hydroxylation sites is 1. The molecule has 6 nitrogen and oxygen atoms in total. The Kier molecular flexibility index (Phi) is 4.64. The third kappa shape index (κ3) is 3.70. The number of carbonyl (C=O) groups is 1. The highest BCUT2D eigenvalue weighted by molar-refractivity contribution is 7.09. The van der Waals surface area contributed by atoms with Gasteiger partial charge in [0.05, 0.1) is 17.8 Å². The summed E-state index contributed by atoms with van der Waals surface area (Å²) in [5.41, 5.74) is 4.15. The van der Waals surface area contributed by atoms with E-state index in [0.717, 1.165) is 21.8 Å². The van der Waals surface area contributed by atoms with Crippen LogP contribution in [0, 0.1) is 12.7 Å². The number of nitrogens with zero attached hydrogens (tertiary/aromatic N) is 4. The fourth-order valence-electron chi connectivity index (χ4n) is 2.81. The Morgan fingerprint density at radius 1 is 1.26 bits per heavy atom. The van der Waals surface area contributed by atoms with Crippen molar-refractivity contribution in [3.8, 4) is 0 Å². The van der Waals surface area contributed by atoms with Gasteiger partial charge in [-0.1, -0.05) is 23.4 Å². The summed E-state index contributed by atoms with van der Waals surface area (Å²) >= 11 is 1.48. The molecule has 4 aromatic rings. The number of thiazole rings is 1. The molecule has 2 aromatic heterocycles. The third-order valence-electron chi connectivity index (χ3n) is 4.21. The minimum absolute atomic E-state index is 0.237. The molecule has 0 unspecified atom stereocenters. The molecule has 2 aromatic carbocycles. The average molecular weight is 381 g/mol. The molecule has 0 atom stereocenters. The van der Waals surface area contributed by atoms with Crippen LogP contribution in [0.4, 0.5) is 9.18 Å². The normalized spacial score (nSPS) is 11.0. The highest BCUT2D eigenvalue weighted by Crippen LogP contribution is 2.17. The second-order valence-electron chi connectivity index (χ2n) is 6.13. The molecule has 0 fully saturated rings. The molecular weight excluding hydrogens is 365 g/mol. The van der Waals surface area contributed by atoms with E-state index in [4.69, 9.17) is 0 Å². The van der Waals surface area contributed by atoms with E-state index in [9.17, 15) is 9.18 Å². The van der Waals surface area contributed by atoms with Crippen LogP contribution < -0.4 is 5.32 Å². The summed E-state index contributed by atoms with van der Waals surface area (Å²) in [5, 5.41) is 13.4. The van der Waals surface area contributed by atoms with Gasteiger partial charge in [-0.25, -0.2) is 14.2 Å². The lowest BCUT2D eigenvalue weighted by molar-refractivity contribution is 0.239. The highest BCUT2D eigenvalue weighted by atomic mass is 32.1. The van der Waals surface area contributed by atoms with E-state index >= 15 is 0 Å². The largest absolute Gasteiger partial charge is 0.344 e. The first-order valence-electron chi connectivity index (χ1n) is 8.37.